The third kappa shape index (κ3) is 65.9. The van der Waals surface area contributed by atoms with E-state index >= 15 is 0 Å². The number of esters is 3. The Morgan fingerprint density at radius 1 is 0.263 bits per heavy atom. The van der Waals surface area contributed by atoms with Gasteiger partial charge in [-0.2, -0.15) is 0 Å². The van der Waals surface area contributed by atoms with Gasteiger partial charge in [-0.1, -0.05) is 351 Å². The molecule has 0 aliphatic heterocycles. The van der Waals surface area contributed by atoms with Crippen molar-refractivity contribution in [3.63, 3.8) is 0 Å². The van der Waals surface area contributed by atoms with Crippen LogP contribution in [0.15, 0.2) is 60.8 Å². The SMILES string of the molecule is CC/C=C\C/C=C\C/C=C\C/C=C\C/C=C\CCCCCC(=O)OC(COC(=O)CCCCCCCCCCCCCCCCCCCC)COC(=O)CCCCCCCCCCCCCCCCCCCCCCCCCCC. The van der Waals surface area contributed by atoms with Gasteiger partial charge in [-0.05, 0) is 64.2 Å². The molecule has 0 bridgehead atoms. The molecule has 80 heavy (non-hydrogen) atoms. The topological polar surface area (TPSA) is 78.9 Å². The minimum atomic E-state index is -0.791. The van der Waals surface area contributed by atoms with E-state index < -0.39 is 6.10 Å². The molecule has 1 unspecified atom stereocenters. The molecule has 0 saturated carbocycles. The van der Waals surface area contributed by atoms with Crippen LogP contribution in [-0.2, 0) is 28.6 Å². The Hall–Kier alpha value is -2.89. The van der Waals surface area contributed by atoms with Crippen molar-refractivity contribution in [3.05, 3.63) is 60.8 Å². The predicted octanol–water partition coefficient (Wildman–Crippen LogP) is 24.3. The third-order valence-electron chi connectivity index (χ3n) is 15.8. The fourth-order valence-corrected chi connectivity index (χ4v) is 10.5. The van der Waals surface area contributed by atoms with Crippen LogP contribution in [0.1, 0.15) is 374 Å². The number of hydrogen-bond acceptors (Lipinski definition) is 6. The van der Waals surface area contributed by atoms with Crippen LogP contribution >= 0.6 is 0 Å². The van der Waals surface area contributed by atoms with Crippen molar-refractivity contribution < 1.29 is 28.6 Å². The molecule has 0 rings (SSSR count). The van der Waals surface area contributed by atoms with Crippen molar-refractivity contribution in [2.75, 3.05) is 13.2 Å². The van der Waals surface area contributed by atoms with E-state index in [2.05, 4.69) is 81.5 Å². The molecule has 0 aromatic heterocycles. The van der Waals surface area contributed by atoms with E-state index in [0.717, 1.165) is 96.3 Å². The Morgan fingerprint density at radius 3 is 0.762 bits per heavy atom. The number of unbranched alkanes of at least 4 members (excludes halogenated alkanes) is 44. The van der Waals surface area contributed by atoms with E-state index in [0.29, 0.717) is 19.3 Å². The highest BCUT2D eigenvalue weighted by Gasteiger charge is 2.19. The lowest BCUT2D eigenvalue weighted by Gasteiger charge is -2.18. The fourth-order valence-electron chi connectivity index (χ4n) is 10.5. The Kier molecular flexibility index (Phi) is 66.1. The second-order valence-electron chi connectivity index (χ2n) is 23.8. The minimum Gasteiger partial charge on any atom is -0.462 e. The summed E-state index contributed by atoms with van der Waals surface area (Å²) in [5.74, 6) is -0.889. The fraction of sp³-hybridized carbons (Fsp3) is 0.824. The van der Waals surface area contributed by atoms with Crippen molar-refractivity contribution in [2.45, 2.75) is 380 Å². The molecule has 0 aromatic carbocycles. The van der Waals surface area contributed by atoms with Gasteiger partial charge in [0.1, 0.15) is 13.2 Å². The smallest absolute Gasteiger partial charge is 0.306 e. The molecule has 6 nitrogen and oxygen atoms in total. The van der Waals surface area contributed by atoms with E-state index in [9.17, 15) is 14.4 Å². The van der Waals surface area contributed by atoms with E-state index in [-0.39, 0.29) is 31.1 Å². The highest BCUT2D eigenvalue weighted by atomic mass is 16.6. The van der Waals surface area contributed by atoms with Gasteiger partial charge in [0.05, 0.1) is 0 Å². The van der Waals surface area contributed by atoms with Crippen molar-refractivity contribution in [2.24, 2.45) is 0 Å². The molecule has 1 atom stereocenters. The molecule has 466 valence electrons. The van der Waals surface area contributed by atoms with Crippen LogP contribution in [-0.4, -0.2) is 37.2 Å². The Balaban J connectivity index is 4.33. The van der Waals surface area contributed by atoms with Crippen LogP contribution in [0, 0.1) is 0 Å². The average molecular weight is 1120 g/mol. The highest BCUT2D eigenvalue weighted by Crippen LogP contribution is 2.18. The minimum absolute atomic E-state index is 0.0828. The largest absolute Gasteiger partial charge is 0.462 e. The average Bonchev–Trinajstić information content (AvgIpc) is 3.46. The highest BCUT2D eigenvalue weighted by molar-refractivity contribution is 5.71. The number of ether oxygens (including phenoxy) is 3. The van der Waals surface area contributed by atoms with Gasteiger partial charge in [0.25, 0.3) is 0 Å². The van der Waals surface area contributed by atoms with Gasteiger partial charge in [-0.15, -0.1) is 0 Å². The first kappa shape index (κ1) is 77.1. The molecule has 0 amide bonds. The second-order valence-corrected chi connectivity index (χ2v) is 23.8. The van der Waals surface area contributed by atoms with Gasteiger partial charge >= 0.3 is 17.9 Å². The summed E-state index contributed by atoms with van der Waals surface area (Å²) in [5.41, 5.74) is 0. The molecule has 0 spiro atoms. The van der Waals surface area contributed by atoms with E-state index in [1.54, 1.807) is 0 Å². The quantitative estimate of drug-likeness (QED) is 0.0261. The first-order chi connectivity index (χ1) is 39.5. The van der Waals surface area contributed by atoms with Gasteiger partial charge < -0.3 is 14.2 Å². The first-order valence-corrected chi connectivity index (χ1v) is 35.3. The Labute approximate surface area is 498 Å². The zero-order valence-electron chi connectivity index (χ0n) is 53.6. The van der Waals surface area contributed by atoms with Crippen LogP contribution in [0.3, 0.4) is 0 Å². The second kappa shape index (κ2) is 68.6. The summed E-state index contributed by atoms with van der Waals surface area (Å²) in [4.78, 5) is 38.5. The number of allylic oxidation sites excluding steroid dienone is 10. The van der Waals surface area contributed by atoms with Gasteiger partial charge in [0.2, 0.25) is 0 Å². The lowest BCUT2D eigenvalue weighted by atomic mass is 10.0. The van der Waals surface area contributed by atoms with Crippen molar-refractivity contribution in [1.82, 2.24) is 0 Å². The summed E-state index contributed by atoms with van der Waals surface area (Å²) in [5, 5.41) is 0. The van der Waals surface area contributed by atoms with Crippen LogP contribution in [0.25, 0.3) is 0 Å². The summed E-state index contributed by atoms with van der Waals surface area (Å²) >= 11 is 0. The Morgan fingerprint density at radius 2 is 0.487 bits per heavy atom. The van der Waals surface area contributed by atoms with Gasteiger partial charge in [-0.3, -0.25) is 14.4 Å². The lowest BCUT2D eigenvalue weighted by Crippen LogP contribution is -2.30. The van der Waals surface area contributed by atoms with Gasteiger partial charge in [0, 0.05) is 19.3 Å². The van der Waals surface area contributed by atoms with E-state index in [4.69, 9.17) is 14.2 Å². The summed E-state index contributed by atoms with van der Waals surface area (Å²) in [7, 11) is 0. The van der Waals surface area contributed by atoms with Crippen molar-refractivity contribution in [3.8, 4) is 0 Å². The summed E-state index contributed by atoms with van der Waals surface area (Å²) in [6.07, 6.45) is 88.2. The van der Waals surface area contributed by atoms with E-state index in [1.807, 2.05) is 0 Å². The van der Waals surface area contributed by atoms with Crippen LogP contribution < -0.4 is 0 Å². The monoisotopic (exact) mass is 1120 g/mol. The number of carbonyl (C=O) groups excluding carboxylic acids is 3. The number of hydrogen-bond donors (Lipinski definition) is 0. The molecule has 0 aromatic rings. The lowest BCUT2D eigenvalue weighted by molar-refractivity contribution is -0.167. The number of rotatable bonds is 65. The molecule has 0 heterocycles. The zero-order chi connectivity index (χ0) is 57.8. The third-order valence-corrected chi connectivity index (χ3v) is 15.8. The first-order valence-electron chi connectivity index (χ1n) is 35.3. The molecule has 0 aliphatic rings. The van der Waals surface area contributed by atoms with Crippen LogP contribution in [0.4, 0.5) is 0 Å². The van der Waals surface area contributed by atoms with Crippen molar-refractivity contribution in [1.29, 1.82) is 0 Å². The maximum absolute atomic E-state index is 12.9. The maximum atomic E-state index is 12.9. The Bertz CT molecular complexity index is 1430. The molecule has 0 fully saturated rings. The normalized spacial score (nSPS) is 12.4. The van der Waals surface area contributed by atoms with Gasteiger partial charge in [-0.25, -0.2) is 0 Å². The zero-order valence-corrected chi connectivity index (χ0v) is 53.6. The molecule has 0 N–H and O–H groups in total. The van der Waals surface area contributed by atoms with E-state index in [1.165, 1.54) is 238 Å². The molecule has 0 saturated heterocycles. The molecule has 0 aliphatic carbocycles. The molecular formula is C74H134O6. The van der Waals surface area contributed by atoms with Crippen molar-refractivity contribution >= 4 is 17.9 Å². The molecule has 0 radical (unpaired) electrons. The summed E-state index contributed by atoms with van der Waals surface area (Å²) in [6, 6.07) is 0. The molecule has 6 heteroatoms. The van der Waals surface area contributed by atoms with Crippen LogP contribution in [0.5, 0.6) is 0 Å². The standard InChI is InChI=1S/C74H134O6/c1-4-7-10-13-16-19-22-25-28-31-34-35-36-37-38-39-41-43-46-49-52-55-58-61-64-67-73(76)79-70-71(69-78-72(75)66-63-60-57-54-51-48-45-42-33-30-27-24-21-18-15-12-9-6-3)80-74(77)68-65-62-59-56-53-50-47-44-40-32-29-26-23-20-17-14-11-8-5-2/h8,11,17,20,26,29,40,44,50,53,71H,4-7,9-10,12-16,18-19,21-25,27-28,30-39,41-43,45-49,51-52,54-70H2,1-3H3/b11-8-,20-17-,29-26-,44-40-,53-50-. The summed E-state index contributed by atoms with van der Waals surface area (Å²) in [6.45, 7) is 6.57. The maximum Gasteiger partial charge on any atom is 0.306 e. The van der Waals surface area contributed by atoms with Gasteiger partial charge in [0.15, 0.2) is 6.10 Å². The molecular weight excluding hydrogens is 985 g/mol. The number of carbonyl (C=O) groups is 3. The van der Waals surface area contributed by atoms with Crippen LogP contribution in [0.2, 0.25) is 0 Å². The predicted molar refractivity (Wildman–Crippen MR) is 348 cm³/mol. The summed E-state index contributed by atoms with van der Waals surface area (Å²) < 4.78 is 17.0.